The number of piperidine rings is 1. The number of nitrogens with zero attached hydrogens (tertiary/aromatic N) is 1. The van der Waals surface area contributed by atoms with Gasteiger partial charge < -0.3 is 15.4 Å². The van der Waals surface area contributed by atoms with Crippen LogP contribution >= 0.6 is 23.8 Å². The average Bonchev–Trinajstić information content (AvgIpc) is 2.40. The number of ether oxygens (including phenoxy) is 1. The average molecular weight is 313 g/mol. The molecule has 20 heavy (non-hydrogen) atoms. The van der Waals surface area contributed by atoms with Crippen molar-refractivity contribution in [3.05, 3.63) is 28.8 Å². The highest BCUT2D eigenvalue weighted by molar-refractivity contribution is 7.80. The van der Waals surface area contributed by atoms with E-state index in [2.05, 4.69) is 11.9 Å². The second-order valence-electron chi connectivity index (χ2n) is 5.24. The highest BCUT2D eigenvalue weighted by Crippen LogP contribution is 2.27. The number of halogens is 1. The van der Waals surface area contributed by atoms with Gasteiger partial charge in [0.2, 0.25) is 0 Å². The molecule has 0 radical (unpaired) electrons. The molecule has 5 heteroatoms. The molecule has 3 nitrogen and oxygen atoms in total. The molecule has 0 aliphatic carbocycles. The molecule has 0 spiro atoms. The predicted octanol–water partition coefficient (Wildman–Crippen LogP) is 3.23. The summed E-state index contributed by atoms with van der Waals surface area (Å²) in [4.78, 5) is 2.69. The summed E-state index contributed by atoms with van der Waals surface area (Å²) in [6, 6.07) is 6.10. The van der Waals surface area contributed by atoms with Gasteiger partial charge in [0.05, 0.1) is 17.2 Å². The smallest absolute Gasteiger partial charge is 0.130 e. The summed E-state index contributed by atoms with van der Waals surface area (Å²) in [6.45, 7) is 1.84. The number of hydrogen-bond donors (Lipinski definition) is 1. The largest absolute Gasteiger partial charge is 0.493 e. The first-order valence-electron chi connectivity index (χ1n) is 7.01. The number of benzene rings is 1. The maximum atomic E-state index is 6.12. The van der Waals surface area contributed by atoms with Gasteiger partial charge >= 0.3 is 0 Å². The SMILES string of the molecule is CN1CCCCC1CCOc1cccc(Cl)c1C(N)=S. The van der Waals surface area contributed by atoms with Crippen LogP contribution in [0.5, 0.6) is 5.75 Å². The Bertz CT molecular complexity index is 481. The highest BCUT2D eigenvalue weighted by Gasteiger charge is 2.19. The van der Waals surface area contributed by atoms with Crippen molar-refractivity contribution in [2.45, 2.75) is 31.7 Å². The Balaban J connectivity index is 1.94. The van der Waals surface area contributed by atoms with Crippen LogP contribution in [0, 0.1) is 0 Å². The van der Waals surface area contributed by atoms with E-state index in [1.54, 1.807) is 6.07 Å². The van der Waals surface area contributed by atoms with Gasteiger partial charge in [0.25, 0.3) is 0 Å². The molecule has 110 valence electrons. The number of likely N-dealkylation sites (tertiary alicyclic amines) is 1. The first kappa shape index (κ1) is 15.5. The summed E-state index contributed by atoms with van der Waals surface area (Å²) in [6.07, 6.45) is 4.87. The quantitative estimate of drug-likeness (QED) is 0.847. The second-order valence-corrected chi connectivity index (χ2v) is 6.09. The Labute approximate surface area is 131 Å². The van der Waals surface area contributed by atoms with Gasteiger partial charge in [-0.2, -0.15) is 0 Å². The molecule has 1 fully saturated rings. The van der Waals surface area contributed by atoms with E-state index in [1.807, 2.05) is 12.1 Å². The van der Waals surface area contributed by atoms with Crippen molar-refractivity contribution in [1.29, 1.82) is 0 Å². The van der Waals surface area contributed by atoms with Crippen molar-refractivity contribution in [1.82, 2.24) is 4.90 Å². The zero-order valence-corrected chi connectivity index (χ0v) is 13.3. The minimum absolute atomic E-state index is 0.278. The van der Waals surface area contributed by atoms with Gasteiger partial charge in [-0.25, -0.2) is 0 Å². The van der Waals surface area contributed by atoms with E-state index in [4.69, 9.17) is 34.3 Å². The summed E-state index contributed by atoms with van der Waals surface area (Å²) >= 11 is 11.2. The van der Waals surface area contributed by atoms with Gasteiger partial charge in [0.1, 0.15) is 10.7 Å². The van der Waals surface area contributed by atoms with Gasteiger partial charge in [-0.05, 0) is 45.0 Å². The molecule has 1 heterocycles. The first-order valence-corrected chi connectivity index (χ1v) is 7.79. The fourth-order valence-electron chi connectivity index (χ4n) is 2.68. The lowest BCUT2D eigenvalue weighted by Gasteiger charge is -2.32. The van der Waals surface area contributed by atoms with E-state index in [-0.39, 0.29) is 4.99 Å². The summed E-state index contributed by atoms with van der Waals surface area (Å²) in [5, 5.41) is 0.546. The Morgan fingerprint density at radius 1 is 1.50 bits per heavy atom. The normalized spacial score (nSPS) is 19.8. The van der Waals surface area contributed by atoms with Crippen molar-refractivity contribution in [2.75, 3.05) is 20.2 Å². The molecule has 1 unspecified atom stereocenters. The van der Waals surface area contributed by atoms with Crippen LogP contribution in [-0.4, -0.2) is 36.1 Å². The Morgan fingerprint density at radius 3 is 3.00 bits per heavy atom. The van der Waals surface area contributed by atoms with Gasteiger partial charge in [0.15, 0.2) is 0 Å². The highest BCUT2D eigenvalue weighted by atomic mass is 35.5. The van der Waals surface area contributed by atoms with Crippen LogP contribution < -0.4 is 10.5 Å². The minimum atomic E-state index is 0.278. The number of rotatable bonds is 5. The van der Waals surface area contributed by atoms with Gasteiger partial charge in [0, 0.05) is 6.04 Å². The fourth-order valence-corrected chi connectivity index (χ4v) is 3.21. The number of nitrogens with two attached hydrogens (primary N) is 1. The lowest BCUT2D eigenvalue weighted by Crippen LogP contribution is -2.37. The molecule has 1 aromatic carbocycles. The molecule has 2 N–H and O–H groups in total. The van der Waals surface area contributed by atoms with Crippen LogP contribution in [0.25, 0.3) is 0 Å². The standard InChI is InChI=1S/C15H21ClN2OS/c1-18-9-3-2-5-11(18)8-10-19-13-7-4-6-12(16)14(13)15(17)20/h4,6-7,11H,2-3,5,8-10H2,1H3,(H2,17,20). The minimum Gasteiger partial charge on any atom is -0.493 e. The van der Waals surface area contributed by atoms with Crippen LogP contribution in [0.15, 0.2) is 18.2 Å². The molecule has 0 bridgehead atoms. The molecule has 1 atom stereocenters. The van der Waals surface area contributed by atoms with E-state index >= 15 is 0 Å². The van der Waals surface area contributed by atoms with Crippen molar-refractivity contribution in [3.63, 3.8) is 0 Å². The predicted molar refractivity (Wildman–Crippen MR) is 87.7 cm³/mol. The summed E-state index contributed by atoms with van der Waals surface area (Å²) < 4.78 is 5.85. The number of thiocarbonyl (C=S) groups is 1. The third kappa shape index (κ3) is 3.84. The van der Waals surface area contributed by atoms with Gasteiger partial charge in [-0.1, -0.05) is 36.3 Å². The van der Waals surface area contributed by atoms with E-state index in [0.717, 1.165) is 6.42 Å². The molecule has 2 rings (SSSR count). The van der Waals surface area contributed by atoms with Crippen LogP contribution in [-0.2, 0) is 0 Å². The lowest BCUT2D eigenvalue weighted by molar-refractivity contribution is 0.153. The van der Waals surface area contributed by atoms with Crippen LogP contribution in [0.2, 0.25) is 5.02 Å². The summed E-state index contributed by atoms with van der Waals surface area (Å²) in [5.74, 6) is 0.684. The molecule has 0 amide bonds. The number of hydrogen-bond acceptors (Lipinski definition) is 3. The van der Waals surface area contributed by atoms with Gasteiger partial charge in [-0.3, -0.25) is 0 Å². The van der Waals surface area contributed by atoms with Crippen LogP contribution in [0.1, 0.15) is 31.2 Å². The van der Waals surface area contributed by atoms with Crippen LogP contribution in [0.3, 0.4) is 0 Å². The third-order valence-corrected chi connectivity index (χ3v) is 4.37. The molecule has 1 saturated heterocycles. The van der Waals surface area contributed by atoms with E-state index in [0.29, 0.717) is 29.0 Å². The Kier molecular flexibility index (Phi) is 5.64. The molecule has 1 aromatic rings. The second kappa shape index (κ2) is 7.25. The molecule has 1 aliphatic heterocycles. The maximum absolute atomic E-state index is 6.12. The fraction of sp³-hybridized carbons (Fsp3) is 0.533. The van der Waals surface area contributed by atoms with E-state index < -0.39 is 0 Å². The van der Waals surface area contributed by atoms with Crippen LogP contribution in [0.4, 0.5) is 0 Å². The van der Waals surface area contributed by atoms with Crippen molar-refractivity contribution in [3.8, 4) is 5.75 Å². The van der Waals surface area contributed by atoms with Crippen molar-refractivity contribution in [2.24, 2.45) is 5.73 Å². The molecule has 0 saturated carbocycles. The first-order chi connectivity index (χ1) is 9.59. The zero-order valence-electron chi connectivity index (χ0n) is 11.8. The molecular weight excluding hydrogens is 292 g/mol. The van der Waals surface area contributed by atoms with E-state index in [9.17, 15) is 0 Å². The van der Waals surface area contributed by atoms with Crippen molar-refractivity contribution >= 4 is 28.8 Å². The maximum Gasteiger partial charge on any atom is 0.130 e. The monoisotopic (exact) mass is 312 g/mol. The lowest BCUT2D eigenvalue weighted by atomic mass is 10.0. The van der Waals surface area contributed by atoms with Crippen molar-refractivity contribution < 1.29 is 4.74 Å². The zero-order chi connectivity index (χ0) is 14.5. The Hall–Kier alpha value is -0.840. The van der Waals surface area contributed by atoms with Gasteiger partial charge in [-0.15, -0.1) is 0 Å². The topological polar surface area (TPSA) is 38.5 Å². The molecular formula is C15H21ClN2OS. The molecule has 0 aromatic heterocycles. The molecule has 1 aliphatic rings. The third-order valence-electron chi connectivity index (χ3n) is 3.85. The Morgan fingerprint density at radius 2 is 2.30 bits per heavy atom. The van der Waals surface area contributed by atoms with E-state index in [1.165, 1.54) is 25.8 Å². The summed E-state index contributed by atoms with van der Waals surface area (Å²) in [7, 11) is 2.18. The summed E-state index contributed by atoms with van der Waals surface area (Å²) in [5.41, 5.74) is 6.35.